The molecule has 158 valence electrons. The van der Waals surface area contributed by atoms with Gasteiger partial charge in [-0.2, -0.15) is 0 Å². The molecule has 0 heterocycles. The van der Waals surface area contributed by atoms with E-state index in [4.69, 9.17) is 0 Å². The Hall–Kier alpha value is -2.38. The van der Waals surface area contributed by atoms with Gasteiger partial charge in [-0.3, -0.25) is 0 Å². The van der Waals surface area contributed by atoms with Crippen molar-refractivity contribution in [3.8, 4) is 0 Å². The average molecular weight is 417 g/mol. The van der Waals surface area contributed by atoms with Crippen molar-refractivity contribution in [1.82, 2.24) is 15.4 Å². The maximum Gasteiger partial charge on any atom is 0.216 e. The van der Waals surface area contributed by atoms with E-state index in [0.717, 1.165) is 36.6 Å². The van der Waals surface area contributed by atoms with Crippen LogP contribution in [0.1, 0.15) is 37.5 Å². The number of hydrogen-bond acceptors (Lipinski definition) is 3. The van der Waals surface area contributed by atoms with Gasteiger partial charge in [0.2, 0.25) is 10.0 Å². The van der Waals surface area contributed by atoms with E-state index in [9.17, 15) is 8.42 Å². The second-order valence-corrected chi connectivity index (χ2v) is 8.96. The predicted octanol–water partition coefficient (Wildman–Crippen LogP) is 2.81. The number of aliphatic imine (C=N–C) groups is 1. The SMILES string of the molecule is CCNC(=NCc1ccc(CS(=O)(=O)NC(C)C)cc1)NCCc1ccccc1. The topological polar surface area (TPSA) is 82.6 Å². The summed E-state index contributed by atoms with van der Waals surface area (Å²) in [5, 5.41) is 6.60. The zero-order chi connectivity index (χ0) is 21.1. The average Bonchev–Trinajstić information content (AvgIpc) is 2.67. The van der Waals surface area contributed by atoms with Crippen LogP contribution in [0.15, 0.2) is 59.6 Å². The molecule has 7 heteroatoms. The van der Waals surface area contributed by atoms with Crippen LogP contribution in [-0.4, -0.2) is 33.5 Å². The lowest BCUT2D eigenvalue weighted by atomic mass is 10.1. The molecule has 3 N–H and O–H groups in total. The number of benzene rings is 2. The van der Waals surface area contributed by atoms with E-state index < -0.39 is 10.0 Å². The van der Waals surface area contributed by atoms with Gasteiger partial charge in [0.15, 0.2) is 5.96 Å². The van der Waals surface area contributed by atoms with Crippen molar-refractivity contribution in [2.45, 2.75) is 45.5 Å². The summed E-state index contributed by atoms with van der Waals surface area (Å²) in [6.07, 6.45) is 0.929. The number of rotatable bonds is 10. The predicted molar refractivity (Wildman–Crippen MR) is 120 cm³/mol. The third-order valence-corrected chi connectivity index (χ3v) is 5.65. The van der Waals surface area contributed by atoms with E-state index in [2.05, 4.69) is 32.5 Å². The summed E-state index contributed by atoms with van der Waals surface area (Å²) < 4.78 is 26.7. The fraction of sp³-hybridized carbons (Fsp3) is 0.409. The van der Waals surface area contributed by atoms with Crippen LogP contribution in [-0.2, 0) is 28.7 Å². The first-order valence-electron chi connectivity index (χ1n) is 10.0. The van der Waals surface area contributed by atoms with Crippen molar-refractivity contribution in [2.75, 3.05) is 13.1 Å². The number of hydrogen-bond donors (Lipinski definition) is 3. The molecule has 0 aliphatic rings. The highest BCUT2D eigenvalue weighted by Gasteiger charge is 2.12. The maximum atomic E-state index is 12.0. The van der Waals surface area contributed by atoms with Gasteiger partial charge < -0.3 is 10.6 Å². The monoisotopic (exact) mass is 416 g/mol. The molecular weight excluding hydrogens is 384 g/mol. The van der Waals surface area contributed by atoms with Crippen molar-refractivity contribution in [2.24, 2.45) is 4.99 Å². The highest BCUT2D eigenvalue weighted by Crippen LogP contribution is 2.09. The van der Waals surface area contributed by atoms with Crippen LogP contribution in [0.2, 0.25) is 0 Å². The lowest BCUT2D eigenvalue weighted by molar-refractivity contribution is 0.569. The van der Waals surface area contributed by atoms with Crippen LogP contribution in [0.5, 0.6) is 0 Å². The van der Waals surface area contributed by atoms with Gasteiger partial charge in [0.25, 0.3) is 0 Å². The summed E-state index contributed by atoms with van der Waals surface area (Å²) in [5.41, 5.74) is 3.08. The normalized spacial score (nSPS) is 12.2. The molecule has 0 amide bonds. The van der Waals surface area contributed by atoms with Gasteiger partial charge in [-0.05, 0) is 43.9 Å². The highest BCUT2D eigenvalue weighted by atomic mass is 32.2. The Morgan fingerprint density at radius 2 is 1.59 bits per heavy atom. The van der Waals surface area contributed by atoms with Gasteiger partial charge in [0, 0.05) is 19.1 Å². The van der Waals surface area contributed by atoms with Gasteiger partial charge in [-0.1, -0.05) is 54.6 Å². The second-order valence-electron chi connectivity index (χ2n) is 7.21. The fourth-order valence-electron chi connectivity index (χ4n) is 2.84. The third-order valence-electron chi connectivity index (χ3n) is 4.11. The molecule has 0 atom stereocenters. The fourth-order valence-corrected chi connectivity index (χ4v) is 4.28. The molecule has 0 unspecified atom stereocenters. The number of sulfonamides is 1. The minimum absolute atomic E-state index is 0.0155. The molecule has 0 saturated heterocycles. The Balaban J connectivity index is 1.89. The molecule has 0 bridgehead atoms. The van der Waals surface area contributed by atoms with Gasteiger partial charge in [0.05, 0.1) is 12.3 Å². The first-order valence-corrected chi connectivity index (χ1v) is 11.7. The molecule has 29 heavy (non-hydrogen) atoms. The molecule has 0 aliphatic carbocycles. The molecule has 0 aromatic heterocycles. The van der Waals surface area contributed by atoms with E-state index in [-0.39, 0.29) is 11.8 Å². The number of guanidine groups is 1. The lowest BCUT2D eigenvalue weighted by Gasteiger charge is -2.12. The summed E-state index contributed by atoms with van der Waals surface area (Å²) in [7, 11) is -3.31. The molecule has 0 spiro atoms. The van der Waals surface area contributed by atoms with Crippen molar-refractivity contribution in [3.05, 3.63) is 71.3 Å². The van der Waals surface area contributed by atoms with Crippen molar-refractivity contribution in [1.29, 1.82) is 0 Å². The summed E-state index contributed by atoms with van der Waals surface area (Å²) in [4.78, 5) is 4.62. The van der Waals surface area contributed by atoms with E-state index >= 15 is 0 Å². The van der Waals surface area contributed by atoms with Crippen molar-refractivity contribution < 1.29 is 8.42 Å². The van der Waals surface area contributed by atoms with Gasteiger partial charge in [-0.15, -0.1) is 0 Å². The van der Waals surface area contributed by atoms with Gasteiger partial charge in [0.1, 0.15) is 0 Å². The quantitative estimate of drug-likeness (QED) is 0.411. The first kappa shape index (κ1) is 22.9. The Bertz CT molecular complexity index is 863. The van der Waals surface area contributed by atoms with Crippen LogP contribution in [0.3, 0.4) is 0 Å². The summed E-state index contributed by atoms with van der Waals surface area (Å²) in [5.74, 6) is 0.759. The van der Waals surface area contributed by atoms with Crippen LogP contribution in [0.4, 0.5) is 0 Å². The third kappa shape index (κ3) is 9.11. The van der Waals surface area contributed by atoms with Gasteiger partial charge >= 0.3 is 0 Å². The van der Waals surface area contributed by atoms with Crippen molar-refractivity contribution in [3.63, 3.8) is 0 Å². The lowest BCUT2D eigenvalue weighted by Crippen LogP contribution is -2.38. The molecular formula is C22H32N4O2S. The Labute approximate surface area is 174 Å². The second kappa shape index (κ2) is 11.6. The molecule has 2 rings (SSSR count). The Morgan fingerprint density at radius 1 is 0.931 bits per heavy atom. The molecule has 0 fully saturated rings. The summed E-state index contributed by atoms with van der Waals surface area (Å²) >= 11 is 0. The standard InChI is InChI=1S/C22H32N4O2S/c1-4-23-22(24-15-14-19-8-6-5-7-9-19)25-16-20-10-12-21(13-11-20)17-29(27,28)26-18(2)3/h5-13,18,26H,4,14-17H2,1-3H3,(H2,23,24,25). The summed E-state index contributed by atoms with van der Waals surface area (Å²) in [6, 6.07) is 17.8. The minimum Gasteiger partial charge on any atom is -0.357 e. The molecule has 6 nitrogen and oxygen atoms in total. The zero-order valence-corrected chi connectivity index (χ0v) is 18.3. The Morgan fingerprint density at radius 3 is 2.21 bits per heavy atom. The van der Waals surface area contributed by atoms with E-state index in [1.807, 2.05) is 63.2 Å². The molecule has 0 aliphatic heterocycles. The van der Waals surface area contributed by atoms with Crippen LogP contribution in [0, 0.1) is 0 Å². The van der Waals surface area contributed by atoms with E-state index in [1.165, 1.54) is 5.56 Å². The van der Waals surface area contributed by atoms with Crippen LogP contribution >= 0.6 is 0 Å². The zero-order valence-electron chi connectivity index (χ0n) is 17.5. The molecule has 2 aromatic rings. The first-order chi connectivity index (χ1) is 13.9. The van der Waals surface area contributed by atoms with E-state index in [1.54, 1.807) is 0 Å². The van der Waals surface area contributed by atoms with Crippen LogP contribution < -0.4 is 15.4 Å². The smallest absolute Gasteiger partial charge is 0.216 e. The largest absolute Gasteiger partial charge is 0.357 e. The molecule has 0 radical (unpaired) electrons. The minimum atomic E-state index is -3.31. The molecule has 0 saturated carbocycles. The van der Waals surface area contributed by atoms with Crippen LogP contribution in [0.25, 0.3) is 0 Å². The highest BCUT2D eigenvalue weighted by molar-refractivity contribution is 7.88. The Kier molecular flexibility index (Phi) is 9.15. The van der Waals surface area contributed by atoms with E-state index in [0.29, 0.717) is 6.54 Å². The maximum absolute atomic E-state index is 12.0. The van der Waals surface area contributed by atoms with Gasteiger partial charge in [-0.25, -0.2) is 18.1 Å². The molecule has 2 aromatic carbocycles. The summed E-state index contributed by atoms with van der Waals surface area (Å²) in [6.45, 7) is 7.78. The van der Waals surface area contributed by atoms with Crippen molar-refractivity contribution >= 4 is 16.0 Å². The number of nitrogens with zero attached hydrogens (tertiary/aromatic N) is 1. The number of nitrogens with one attached hydrogen (secondary N) is 3.